The molecule has 23 heavy (non-hydrogen) atoms. The second kappa shape index (κ2) is 7.25. The standard InChI is InChI=1S/C18H23N3OS/c1-21(2)16(17-8-5-9-23-17)12-20-18(22)15-10-13-6-3-4-7-14(13)11-19-15/h3-9,15-16,19H,10-12H2,1-2H3,(H,20,22). The quantitative estimate of drug-likeness (QED) is 0.884. The summed E-state index contributed by atoms with van der Waals surface area (Å²) >= 11 is 1.73. The summed E-state index contributed by atoms with van der Waals surface area (Å²) in [6.45, 7) is 1.39. The van der Waals surface area contributed by atoms with Crippen molar-refractivity contribution in [1.82, 2.24) is 15.5 Å². The summed E-state index contributed by atoms with van der Waals surface area (Å²) in [6, 6.07) is 12.6. The topological polar surface area (TPSA) is 44.4 Å². The van der Waals surface area contributed by atoms with Crippen LogP contribution >= 0.6 is 11.3 Å². The number of carbonyl (C=O) groups excluding carboxylic acids is 1. The van der Waals surface area contributed by atoms with Crippen molar-refractivity contribution in [3.63, 3.8) is 0 Å². The molecule has 1 aromatic carbocycles. The lowest BCUT2D eigenvalue weighted by molar-refractivity contribution is -0.123. The second-order valence-corrected chi connectivity index (χ2v) is 7.13. The summed E-state index contributed by atoms with van der Waals surface area (Å²) < 4.78 is 0. The van der Waals surface area contributed by atoms with Gasteiger partial charge in [-0.15, -0.1) is 11.3 Å². The minimum absolute atomic E-state index is 0.0860. The van der Waals surface area contributed by atoms with Gasteiger partial charge in [0.05, 0.1) is 12.1 Å². The number of nitrogens with one attached hydrogen (secondary N) is 2. The molecule has 2 unspecified atom stereocenters. The smallest absolute Gasteiger partial charge is 0.237 e. The average Bonchev–Trinajstić information content (AvgIpc) is 3.08. The predicted molar refractivity (Wildman–Crippen MR) is 94.5 cm³/mol. The fourth-order valence-corrected chi connectivity index (χ4v) is 3.90. The van der Waals surface area contributed by atoms with Gasteiger partial charge in [0.2, 0.25) is 5.91 Å². The molecule has 0 saturated carbocycles. The van der Waals surface area contributed by atoms with Crippen molar-refractivity contribution in [3.05, 3.63) is 57.8 Å². The van der Waals surface area contributed by atoms with Crippen LogP contribution in [0.25, 0.3) is 0 Å². The molecule has 1 aromatic heterocycles. The van der Waals surface area contributed by atoms with Crippen LogP contribution in [-0.2, 0) is 17.8 Å². The third-order valence-electron chi connectivity index (χ3n) is 4.36. The molecule has 3 rings (SSSR count). The summed E-state index contributed by atoms with van der Waals surface area (Å²) in [5, 5.41) is 8.53. The highest BCUT2D eigenvalue weighted by Gasteiger charge is 2.25. The third-order valence-corrected chi connectivity index (χ3v) is 5.34. The molecular formula is C18H23N3OS. The largest absolute Gasteiger partial charge is 0.353 e. The molecule has 0 aliphatic carbocycles. The van der Waals surface area contributed by atoms with E-state index in [0.29, 0.717) is 6.54 Å². The zero-order valence-corrected chi connectivity index (χ0v) is 14.4. The first-order valence-electron chi connectivity index (χ1n) is 7.93. The van der Waals surface area contributed by atoms with Gasteiger partial charge in [0, 0.05) is 18.0 Å². The normalized spacial score (nSPS) is 18.5. The van der Waals surface area contributed by atoms with Gasteiger partial charge in [-0.3, -0.25) is 4.79 Å². The molecule has 5 heteroatoms. The Balaban J connectivity index is 1.59. The Labute approximate surface area is 141 Å². The van der Waals surface area contributed by atoms with Crippen LogP contribution in [0.3, 0.4) is 0 Å². The van der Waals surface area contributed by atoms with Crippen LogP contribution in [0.4, 0.5) is 0 Å². The summed E-state index contributed by atoms with van der Waals surface area (Å²) in [7, 11) is 4.09. The molecule has 0 fully saturated rings. The lowest BCUT2D eigenvalue weighted by Gasteiger charge is -2.28. The van der Waals surface area contributed by atoms with Gasteiger partial charge in [-0.1, -0.05) is 30.3 Å². The Morgan fingerprint density at radius 3 is 2.78 bits per heavy atom. The van der Waals surface area contributed by atoms with Crippen molar-refractivity contribution < 1.29 is 4.79 Å². The van der Waals surface area contributed by atoms with Crippen LogP contribution < -0.4 is 10.6 Å². The maximum absolute atomic E-state index is 12.5. The van der Waals surface area contributed by atoms with Crippen LogP contribution in [0, 0.1) is 0 Å². The molecule has 0 saturated heterocycles. The molecule has 0 bridgehead atoms. The van der Waals surface area contributed by atoms with Crippen molar-refractivity contribution in [2.45, 2.75) is 25.0 Å². The fraction of sp³-hybridized carbons (Fsp3) is 0.389. The first-order chi connectivity index (χ1) is 11.1. The number of thiophene rings is 1. The van der Waals surface area contributed by atoms with E-state index in [9.17, 15) is 4.79 Å². The molecule has 2 atom stereocenters. The number of fused-ring (bicyclic) bond motifs is 1. The number of benzene rings is 1. The maximum Gasteiger partial charge on any atom is 0.237 e. The number of rotatable bonds is 5. The van der Waals surface area contributed by atoms with Gasteiger partial charge < -0.3 is 15.5 Å². The number of nitrogens with zero attached hydrogens (tertiary/aromatic N) is 1. The van der Waals surface area contributed by atoms with E-state index < -0.39 is 0 Å². The van der Waals surface area contributed by atoms with Gasteiger partial charge in [0.25, 0.3) is 0 Å². The summed E-state index contributed by atoms with van der Waals surface area (Å²) in [6.07, 6.45) is 0.758. The fourth-order valence-electron chi connectivity index (χ4n) is 2.98. The first-order valence-corrected chi connectivity index (χ1v) is 8.81. The minimum atomic E-state index is -0.143. The molecule has 0 radical (unpaired) electrons. The Bertz CT molecular complexity index is 654. The Hall–Kier alpha value is -1.69. The molecule has 1 aliphatic heterocycles. The Morgan fingerprint density at radius 1 is 1.30 bits per heavy atom. The van der Waals surface area contributed by atoms with Gasteiger partial charge in [-0.25, -0.2) is 0 Å². The van der Waals surface area contributed by atoms with Crippen LogP contribution in [0.1, 0.15) is 22.0 Å². The van der Waals surface area contributed by atoms with Crippen molar-refractivity contribution in [2.75, 3.05) is 20.6 Å². The minimum Gasteiger partial charge on any atom is -0.353 e. The van der Waals surface area contributed by atoms with Crippen LogP contribution in [0.15, 0.2) is 41.8 Å². The SMILES string of the molecule is CN(C)C(CNC(=O)C1Cc2ccccc2CN1)c1cccs1. The number of carbonyl (C=O) groups is 1. The molecule has 2 aromatic rings. The zero-order chi connectivity index (χ0) is 16.2. The van der Waals surface area contributed by atoms with Gasteiger partial charge in [0.15, 0.2) is 0 Å². The lowest BCUT2D eigenvalue weighted by Crippen LogP contribution is -2.49. The second-order valence-electron chi connectivity index (χ2n) is 6.15. The first kappa shape index (κ1) is 16.2. The molecule has 122 valence electrons. The van der Waals surface area contributed by atoms with E-state index >= 15 is 0 Å². The Kier molecular flexibility index (Phi) is 5.10. The molecule has 2 N–H and O–H groups in total. The summed E-state index contributed by atoms with van der Waals surface area (Å²) in [4.78, 5) is 15.9. The molecule has 4 nitrogen and oxygen atoms in total. The van der Waals surface area contributed by atoms with E-state index in [4.69, 9.17) is 0 Å². The summed E-state index contributed by atoms with van der Waals surface area (Å²) in [5.74, 6) is 0.0860. The lowest BCUT2D eigenvalue weighted by atomic mass is 9.95. The highest BCUT2D eigenvalue weighted by molar-refractivity contribution is 7.10. The highest BCUT2D eigenvalue weighted by atomic mass is 32.1. The Morgan fingerprint density at radius 2 is 2.09 bits per heavy atom. The van der Waals surface area contributed by atoms with Crippen molar-refractivity contribution in [3.8, 4) is 0 Å². The van der Waals surface area contributed by atoms with E-state index in [1.54, 1.807) is 11.3 Å². The van der Waals surface area contributed by atoms with Gasteiger partial charge in [-0.05, 0) is 43.1 Å². The molecule has 1 amide bonds. The van der Waals surface area contributed by atoms with Crippen LogP contribution in [0.2, 0.25) is 0 Å². The van der Waals surface area contributed by atoms with Crippen molar-refractivity contribution in [2.24, 2.45) is 0 Å². The predicted octanol–water partition coefficient (Wildman–Crippen LogP) is 2.18. The van der Waals surface area contributed by atoms with E-state index in [1.807, 2.05) is 26.2 Å². The molecule has 1 aliphatic rings. The van der Waals surface area contributed by atoms with E-state index in [-0.39, 0.29) is 18.0 Å². The van der Waals surface area contributed by atoms with Crippen LogP contribution in [-0.4, -0.2) is 37.5 Å². The number of hydrogen-bond acceptors (Lipinski definition) is 4. The van der Waals surface area contributed by atoms with Crippen molar-refractivity contribution in [1.29, 1.82) is 0 Å². The van der Waals surface area contributed by atoms with Gasteiger partial charge >= 0.3 is 0 Å². The molecular weight excluding hydrogens is 306 g/mol. The van der Waals surface area contributed by atoms with Crippen molar-refractivity contribution >= 4 is 17.2 Å². The highest BCUT2D eigenvalue weighted by Crippen LogP contribution is 2.22. The third kappa shape index (κ3) is 3.80. The maximum atomic E-state index is 12.5. The number of hydrogen-bond donors (Lipinski definition) is 2. The molecule has 0 spiro atoms. The van der Waals surface area contributed by atoms with Crippen LogP contribution in [0.5, 0.6) is 0 Å². The number of likely N-dealkylation sites (N-methyl/N-ethyl adjacent to an activating group) is 1. The summed E-state index contributed by atoms with van der Waals surface area (Å²) in [5.41, 5.74) is 2.56. The number of amides is 1. The monoisotopic (exact) mass is 329 g/mol. The van der Waals surface area contributed by atoms with E-state index in [2.05, 4.69) is 45.2 Å². The van der Waals surface area contributed by atoms with E-state index in [0.717, 1.165) is 13.0 Å². The van der Waals surface area contributed by atoms with E-state index in [1.165, 1.54) is 16.0 Å². The molecule has 2 heterocycles. The van der Waals surface area contributed by atoms with Gasteiger partial charge in [0.1, 0.15) is 0 Å². The average molecular weight is 329 g/mol. The van der Waals surface area contributed by atoms with Gasteiger partial charge in [-0.2, -0.15) is 0 Å². The zero-order valence-electron chi connectivity index (χ0n) is 13.6.